The molecule has 3 heterocycles. The van der Waals surface area contributed by atoms with Crippen molar-refractivity contribution in [1.29, 1.82) is 0 Å². The van der Waals surface area contributed by atoms with Gasteiger partial charge in [0.1, 0.15) is 22.9 Å². The third-order valence-electron chi connectivity index (χ3n) is 9.66. The highest BCUT2D eigenvalue weighted by Gasteiger charge is 2.30. The molecule has 0 spiro atoms. The molecule has 5 rings (SSSR count). The number of methoxy groups -OCH3 is 2. The lowest BCUT2D eigenvalue weighted by molar-refractivity contribution is -0.111. The van der Waals surface area contributed by atoms with Crippen LogP contribution in [0.3, 0.4) is 0 Å². The predicted octanol–water partition coefficient (Wildman–Crippen LogP) is 7.67. The summed E-state index contributed by atoms with van der Waals surface area (Å²) in [4.78, 5) is 54.7. The summed E-state index contributed by atoms with van der Waals surface area (Å²) < 4.78 is 18.6. The monoisotopic (exact) mass is 821 g/mol. The van der Waals surface area contributed by atoms with Crippen molar-refractivity contribution in [2.45, 2.75) is 52.8 Å². The summed E-state index contributed by atoms with van der Waals surface area (Å²) in [5.74, 6) is 0.297. The van der Waals surface area contributed by atoms with E-state index < -0.39 is 17.6 Å². The number of nitrogens with one attached hydrogen (secondary N) is 1. The lowest BCUT2D eigenvalue weighted by atomic mass is 10.0. The van der Waals surface area contributed by atoms with Gasteiger partial charge in [-0.1, -0.05) is 42.8 Å². The second-order valence-corrected chi connectivity index (χ2v) is 15.9. The number of aryl methyl sites for hydroxylation is 1. The third kappa shape index (κ3) is 10.3. The highest BCUT2D eigenvalue weighted by molar-refractivity contribution is 6.41. The molecule has 306 valence electrons. The molecule has 13 nitrogen and oxygen atoms in total. The van der Waals surface area contributed by atoms with Crippen LogP contribution < -0.4 is 25.2 Å². The van der Waals surface area contributed by atoms with Crippen LogP contribution in [0.15, 0.2) is 60.0 Å². The van der Waals surface area contributed by atoms with Gasteiger partial charge in [-0.2, -0.15) is 0 Å². The van der Waals surface area contributed by atoms with Gasteiger partial charge < -0.3 is 33.9 Å². The van der Waals surface area contributed by atoms with Gasteiger partial charge in [-0.25, -0.2) is 14.7 Å². The number of pyridine rings is 2. The summed E-state index contributed by atoms with van der Waals surface area (Å²) in [6.45, 7) is 17.6. The molecule has 1 N–H and O–H groups in total. The minimum Gasteiger partial charge on any atom is -0.495 e. The Bertz CT molecular complexity index is 2150. The lowest BCUT2D eigenvalue weighted by Gasteiger charge is -2.34. The van der Waals surface area contributed by atoms with Crippen molar-refractivity contribution in [3.8, 4) is 22.6 Å². The predicted molar refractivity (Wildman–Crippen MR) is 229 cm³/mol. The van der Waals surface area contributed by atoms with Crippen LogP contribution >= 0.6 is 23.2 Å². The number of nitrogens with zero attached hydrogens (tertiary/aromatic N) is 6. The van der Waals surface area contributed by atoms with Gasteiger partial charge in [0.2, 0.25) is 5.91 Å². The van der Waals surface area contributed by atoms with E-state index in [4.69, 9.17) is 42.4 Å². The fourth-order valence-electron chi connectivity index (χ4n) is 6.76. The van der Waals surface area contributed by atoms with E-state index in [0.717, 1.165) is 38.3 Å². The zero-order valence-electron chi connectivity index (χ0n) is 34.1. The number of ether oxygens (including phenoxy) is 3. The number of aromatic nitrogens is 2. The molecule has 2 aromatic carbocycles. The van der Waals surface area contributed by atoms with E-state index in [0.29, 0.717) is 48.3 Å². The Balaban J connectivity index is 1.71. The number of hydrogen-bond donors (Lipinski definition) is 1. The van der Waals surface area contributed by atoms with Crippen molar-refractivity contribution < 1.29 is 23.8 Å². The molecule has 1 fully saturated rings. The highest BCUT2D eigenvalue weighted by atomic mass is 35.5. The van der Waals surface area contributed by atoms with Gasteiger partial charge in [0.15, 0.2) is 0 Å². The van der Waals surface area contributed by atoms with Crippen LogP contribution in [0.4, 0.5) is 22.0 Å². The maximum Gasteiger partial charge on any atom is 0.420 e. The van der Waals surface area contributed by atoms with Gasteiger partial charge in [-0.15, -0.1) is 0 Å². The van der Waals surface area contributed by atoms with Gasteiger partial charge in [0.25, 0.3) is 5.56 Å². The Kier molecular flexibility index (Phi) is 14.3. The van der Waals surface area contributed by atoms with Crippen molar-refractivity contribution in [1.82, 2.24) is 24.3 Å². The molecule has 4 aromatic rings. The second-order valence-electron chi connectivity index (χ2n) is 15.1. The van der Waals surface area contributed by atoms with Crippen molar-refractivity contribution in [2.75, 3.05) is 77.8 Å². The van der Waals surface area contributed by atoms with Crippen molar-refractivity contribution in [3.63, 3.8) is 0 Å². The first-order chi connectivity index (χ1) is 27.1. The number of carbonyl (C=O) groups is 2. The molecule has 0 unspecified atom stereocenters. The number of halogens is 2. The van der Waals surface area contributed by atoms with E-state index in [-0.39, 0.29) is 44.0 Å². The quantitative estimate of drug-likeness (QED) is 0.127. The second kappa shape index (κ2) is 18.7. The van der Waals surface area contributed by atoms with Crippen LogP contribution in [-0.2, 0) is 22.6 Å². The zero-order chi connectivity index (χ0) is 41.6. The smallest absolute Gasteiger partial charge is 0.420 e. The van der Waals surface area contributed by atoms with Gasteiger partial charge in [-0.05, 0) is 84.2 Å². The molecular weight excluding hydrogens is 769 g/mol. The van der Waals surface area contributed by atoms with Crippen molar-refractivity contribution in [3.05, 3.63) is 81.2 Å². The lowest BCUT2D eigenvalue weighted by Crippen LogP contribution is -2.45. The first-order valence-electron chi connectivity index (χ1n) is 18.9. The molecule has 15 heteroatoms. The van der Waals surface area contributed by atoms with Crippen LogP contribution in [0.1, 0.15) is 39.7 Å². The molecule has 2 amide bonds. The molecule has 1 aliphatic heterocycles. The SMILES string of the molecule is C=CC(=O)Nc1cc(CN2CCN(CC)CC2)ccc1N(C(=O)OC(C)(C)C)c1cc2c(cn1)cc(-c1c(Cl)c(OC)cc(OC)c1Cl)c(=O)n2CCCN(C)C. The van der Waals surface area contributed by atoms with E-state index in [9.17, 15) is 14.4 Å². The number of fused-ring (bicyclic) bond motifs is 1. The number of carbonyl (C=O) groups excluding carboxylic acids is 2. The van der Waals surface area contributed by atoms with E-state index >= 15 is 0 Å². The molecule has 0 radical (unpaired) electrons. The molecular formula is C42H53Cl2N7O6. The summed E-state index contributed by atoms with van der Waals surface area (Å²) >= 11 is 13.7. The summed E-state index contributed by atoms with van der Waals surface area (Å²) in [5, 5.41) is 3.79. The topological polar surface area (TPSA) is 122 Å². The Morgan fingerprint density at radius 1 is 0.982 bits per heavy atom. The number of amides is 2. The van der Waals surface area contributed by atoms with Crippen LogP contribution in [0.25, 0.3) is 22.0 Å². The number of piperazine rings is 1. The van der Waals surface area contributed by atoms with E-state index in [2.05, 4.69) is 28.6 Å². The number of benzene rings is 2. The molecule has 1 saturated heterocycles. The maximum absolute atomic E-state index is 14.6. The molecule has 0 saturated carbocycles. The summed E-state index contributed by atoms with van der Waals surface area (Å²) in [5.41, 5.74) is 1.38. The normalized spacial score (nSPS) is 13.8. The fourth-order valence-corrected chi connectivity index (χ4v) is 7.46. The van der Waals surface area contributed by atoms with Crippen LogP contribution in [-0.4, -0.2) is 109 Å². The fraction of sp³-hybridized carbons (Fsp3) is 0.429. The molecule has 0 bridgehead atoms. The minimum atomic E-state index is -0.878. The maximum atomic E-state index is 14.6. The van der Waals surface area contributed by atoms with Gasteiger partial charge in [0.05, 0.1) is 46.7 Å². The Morgan fingerprint density at radius 2 is 1.63 bits per heavy atom. The standard InChI is InChI=1S/C42H53Cl2N7O6/c1-10-36(52)46-30-21-27(26-49-19-17-48(11-2)18-20-49)13-14-31(30)51(41(54)57-42(3,4)5)35-23-32-28(25-45-35)22-29(40(53)50(32)16-12-15-47(6)7)37-38(43)33(55-8)24-34(56-9)39(37)44/h10,13-14,21-25H,1,11-12,15-20,26H2,2-9H3,(H,46,52). The van der Waals surface area contributed by atoms with E-state index in [1.54, 1.807) is 55.8 Å². The average molecular weight is 823 g/mol. The van der Waals surface area contributed by atoms with Crippen LogP contribution in [0.5, 0.6) is 11.5 Å². The Labute approximate surface area is 344 Å². The molecule has 2 aromatic heterocycles. The van der Waals surface area contributed by atoms with Crippen LogP contribution in [0.2, 0.25) is 10.0 Å². The summed E-state index contributed by atoms with van der Waals surface area (Å²) in [6, 6.07) is 10.5. The first-order valence-corrected chi connectivity index (χ1v) is 19.7. The Morgan fingerprint density at radius 3 is 2.21 bits per heavy atom. The summed E-state index contributed by atoms with van der Waals surface area (Å²) in [6.07, 6.45) is 2.65. The van der Waals surface area contributed by atoms with Gasteiger partial charge >= 0.3 is 6.09 Å². The average Bonchev–Trinajstić information content (AvgIpc) is 3.16. The number of likely N-dealkylation sites (N-methyl/N-ethyl adjacent to an activating group) is 1. The largest absolute Gasteiger partial charge is 0.495 e. The third-order valence-corrected chi connectivity index (χ3v) is 10.4. The zero-order valence-corrected chi connectivity index (χ0v) is 35.6. The summed E-state index contributed by atoms with van der Waals surface area (Å²) in [7, 11) is 6.86. The molecule has 0 atom stereocenters. The Hall–Kier alpha value is -4.66. The van der Waals surface area contributed by atoms with Gasteiger partial charge in [-0.3, -0.25) is 14.5 Å². The molecule has 57 heavy (non-hydrogen) atoms. The van der Waals surface area contributed by atoms with E-state index in [1.807, 2.05) is 31.1 Å². The number of anilines is 3. The molecule has 0 aliphatic carbocycles. The van der Waals surface area contributed by atoms with Crippen molar-refractivity contribution >= 4 is 63.3 Å². The van der Waals surface area contributed by atoms with Crippen molar-refractivity contribution in [2.24, 2.45) is 0 Å². The highest BCUT2D eigenvalue weighted by Crippen LogP contribution is 2.46. The number of hydrogen-bond acceptors (Lipinski definition) is 10. The number of rotatable bonds is 14. The van der Waals surface area contributed by atoms with Gasteiger partial charge in [0, 0.05) is 68.5 Å². The van der Waals surface area contributed by atoms with Crippen LogP contribution in [0, 0.1) is 0 Å². The molecule has 1 aliphatic rings. The van der Waals surface area contributed by atoms with E-state index in [1.165, 1.54) is 25.2 Å². The first kappa shape index (κ1) is 43.5. The minimum absolute atomic E-state index is 0.154.